The Labute approximate surface area is 74.2 Å². The van der Waals surface area contributed by atoms with Gasteiger partial charge < -0.3 is 11.5 Å². The Hall–Kier alpha value is -0.620. The molecule has 6 heteroatoms. The zero-order valence-corrected chi connectivity index (χ0v) is 7.40. The number of rotatable bonds is 2. The summed E-state index contributed by atoms with van der Waals surface area (Å²) in [6.45, 7) is 0. The van der Waals surface area contributed by atoms with Crippen LogP contribution in [0.1, 0.15) is 0 Å². The molecule has 0 aliphatic rings. The number of nitrogen functional groups attached to an aromatic ring is 2. The van der Waals surface area contributed by atoms with E-state index in [1.807, 2.05) is 0 Å². The van der Waals surface area contributed by atoms with Crippen molar-refractivity contribution in [1.82, 2.24) is 9.97 Å². The van der Waals surface area contributed by atoms with E-state index in [-0.39, 0.29) is 0 Å². The molecule has 0 aliphatic heterocycles. The van der Waals surface area contributed by atoms with E-state index >= 15 is 0 Å². The lowest BCUT2D eigenvalue weighted by Crippen LogP contribution is -1.98. The average molecular weight is 188 g/mol. The van der Waals surface area contributed by atoms with Crippen LogP contribution in [0, 0.1) is 0 Å². The van der Waals surface area contributed by atoms with E-state index in [4.69, 9.17) is 11.5 Å². The van der Waals surface area contributed by atoms with Crippen molar-refractivity contribution >= 4 is 36.0 Å². The third-order valence-corrected chi connectivity index (χ3v) is 1.90. The number of anilines is 2. The molecule has 11 heavy (non-hydrogen) atoms. The van der Waals surface area contributed by atoms with E-state index in [2.05, 4.69) is 22.6 Å². The van der Waals surface area contributed by atoms with Crippen molar-refractivity contribution in [3.8, 4) is 0 Å². The van der Waals surface area contributed by atoms with Crippen LogP contribution in [-0.2, 0) is 0 Å². The molecule has 1 heterocycles. The number of thioether (sulfide) groups is 1. The summed E-state index contributed by atoms with van der Waals surface area (Å²) in [5.74, 6) is 0.781. The molecule has 4 N–H and O–H groups in total. The van der Waals surface area contributed by atoms with Gasteiger partial charge in [-0.1, -0.05) is 11.8 Å². The molecule has 1 aromatic heterocycles. The molecule has 0 atom stereocenters. The van der Waals surface area contributed by atoms with Gasteiger partial charge in [-0.3, -0.25) is 0 Å². The van der Waals surface area contributed by atoms with Crippen molar-refractivity contribution in [2.45, 2.75) is 5.16 Å². The lowest BCUT2D eigenvalue weighted by molar-refractivity contribution is 0.988. The van der Waals surface area contributed by atoms with Gasteiger partial charge >= 0.3 is 0 Å². The monoisotopic (exact) mass is 188 g/mol. The van der Waals surface area contributed by atoms with Gasteiger partial charge in [0.1, 0.15) is 11.6 Å². The third kappa shape index (κ3) is 2.47. The summed E-state index contributed by atoms with van der Waals surface area (Å²) >= 11 is 5.39. The average Bonchev–Trinajstić information content (AvgIpc) is 1.85. The molecule has 1 rings (SSSR count). The van der Waals surface area contributed by atoms with Crippen LogP contribution in [-0.4, -0.2) is 15.1 Å². The molecule has 0 spiro atoms. The summed E-state index contributed by atoms with van der Waals surface area (Å²) in [5, 5.41) is 1.18. The first-order valence-corrected chi connectivity index (χ1v) is 4.48. The molecule has 1 aromatic rings. The highest BCUT2D eigenvalue weighted by molar-refractivity contribution is 8.09. The summed E-state index contributed by atoms with van der Waals surface area (Å²) in [7, 11) is 0. The van der Waals surface area contributed by atoms with Gasteiger partial charge in [0, 0.05) is 11.2 Å². The van der Waals surface area contributed by atoms with Crippen LogP contribution in [0.4, 0.5) is 11.6 Å². The predicted octanol–water partition coefficient (Wildman–Crippen LogP) is 0.620. The van der Waals surface area contributed by atoms with Gasteiger partial charge in [0.2, 0.25) is 0 Å². The molecule has 0 saturated heterocycles. The first kappa shape index (κ1) is 8.48. The molecule has 0 unspecified atom stereocenters. The van der Waals surface area contributed by atoms with E-state index in [1.54, 1.807) is 0 Å². The maximum atomic E-state index is 5.42. The van der Waals surface area contributed by atoms with Crippen LogP contribution in [0.2, 0.25) is 0 Å². The third-order valence-electron chi connectivity index (χ3n) is 0.939. The van der Waals surface area contributed by atoms with Crippen LogP contribution in [0.15, 0.2) is 11.2 Å². The predicted molar refractivity (Wildman–Crippen MR) is 50.6 cm³/mol. The number of hydrogen-bond donors (Lipinski definition) is 3. The summed E-state index contributed by atoms with van der Waals surface area (Å²) < 4.78 is 0. The Morgan fingerprint density at radius 3 is 2.36 bits per heavy atom. The normalized spacial score (nSPS) is 9.91. The fraction of sp³-hybridized carbons (Fsp3) is 0.200. The van der Waals surface area contributed by atoms with E-state index in [0.717, 1.165) is 0 Å². The Morgan fingerprint density at radius 2 is 1.91 bits per heavy atom. The lowest BCUT2D eigenvalue weighted by Gasteiger charge is -1.98. The van der Waals surface area contributed by atoms with Gasteiger partial charge in [0.15, 0.2) is 5.16 Å². The van der Waals surface area contributed by atoms with Gasteiger partial charge in [-0.15, -0.1) is 0 Å². The second kappa shape index (κ2) is 3.68. The first-order valence-electron chi connectivity index (χ1n) is 2.86. The van der Waals surface area contributed by atoms with Crippen LogP contribution in [0.3, 0.4) is 0 Å². The quantitative estimate of drug-likeness (QED) is 0.274. The zero-order chi connectivity index (χ0) is 8.27. The fourth-order valence-corrected chi connectivity index (χ4v) is 1.39. The van der Waals surface area contributed by atoms with E-state index in [9.17, 15) is 0 Å². The van der Waals surface area contributed by atoms with Crippen LogP contribution in [0.25, 0.3) is 0 Å². The Balaban J connectivity index is 2.89. The second-order valence-electron chi connectivity index (χ2n) is 1.77. The number of thiol groups is 1. The Bertz CT molecular complexity index is 232. The summed E-state index contributed by atoms with van der Waals surface area (Å²) in [4.78, 5) is 7.85. The molecule has 4 nitrogen and oxygen atoms in total. The Morgan fingerprint density at radius 1 is 1.36 bits per heavy atom. The summed E-state index contributed by atoms with van der Waals surface area (Å²) in [6, 6.07) is 1.52. The van der Waals surface area contributed by atoms with Gasteiger partial charge in [-0.05, 0) is 0 Å². The molecule has 60 valence electrons. The fourth-order valence-electron chi connectivity index (χ4n) is 0.584. The van der Waals surface area contributed by atoms with Crippen molar-refractivity contribution in [3.63, 3.8) is 0 Å². The standard InChI is InChI=1S/C5H8N4S2/c6-3-1-4(7)9-5(8-3)11-2-10/h1,10H,2H2,(H4,6,7,8,9). The summed E-state index contributed by atoms with van der Waals surface area (Å²) in [6.07, 6.45) is 0. The minimum atomic E-state index is 0.391. The van der Waals surface area contributed by atoms with Crippen molar-refractivity contribution < 1.29 is 0 Å². The molecule has 0 aliphatic carbocycles. The SMILES string of the molecule is Nc1cc(N)nc(SCS)n1. The zero-order valence-electron chi connectivity index (χ0n) is 5.69. The van der Waals surface area contributed by atoms with Crippen LogP contribution >= 0.6 is 24.4 Å². The molecule has 0 bridgehead atoms. The molecule has 0 aromatic carbocycles. The van der Waals surface area contributed by atoms with Crippen molar-refractivity contribution in [2.24, 2.45) is 0 Å². The smallest absolute Gasteiger partial charge is 0.192 e. The van der Waals surface area contributed by atoms with Crippen LogP contribution in [0.5, 0.6) is 0 Å². The second-order valence-corrected chi connectivity index (χ2v) is 3.46. The maximum Gasteiger partial charge on any atom is 0.192 e. The summed E-state index contributed by atoms with van der Waals surface area (Å²) in [5.41, 5.74) is 10.8. The minimum absolute atomic E-state index is 0.391. The maximum absolute atomic E-state index is 5.42. The topological polar surface area (TPSA) is 77.8 Å². The lowest BCUT2D eigenvalue weighted by atomic mass is 10.5. The van der Waals surface area contributed by atoms with Gasteiger partial charge in [-0.25, -0.2) is 9.97 Å². The van der Waals surface area contributed by atoms with Gasteiger partial charge in [0.25, 0.3) is 0 Å². The van der Waals surface area contributed by atoms with Crippen LogP contribution < -0.4 is 11.5 Å². The highest BCUT2D eigenvalue weighted by Gasteiger charge is 1.98. The van der Waals surface area contributed by atoms with Crippen molar-refractivity contribution in [2.75, 3.05) is 16.6 Å². The van der Waals surface area contributed by atoms with Gasteiger partial charge in [0.05, 0.1) is 0 Å². The number of nitrogens with zero attached hydrogens (tertiary/aromatic N) is 2. The largest absolute Gasteiger partial charge is 0.383 e. The molecule has 0 saturated carbocycles. The number of aromatic nitrogens is 2. The van der Waals surface area contributed by atoms with E-state index in [1.165, 1.54) is 17.8 Å². The Kier molecular flexibility index (Phi) is 2.84. The number of hydrogen-bond acceptors (Lipinski definition) is 6. The van der Waals surface area contributed by atoms with Crippen molar-refractivity contribution in [1.29, 1.82) is 0 Å². The molecule has 0 amide bonds. The molecule has 0 fully saturated rings. The highest BCUT2D eigenvalue weighted by Crippen LogP contribution is 2.16. The minimum Gasteiger partial charge on any atom is -0.383 e. The molecular formula is C5H8N4S2. The van der Waals surface area contributed by atoms with Crippen molar-refractivity contribution in [3.05, 3.63) is 6.07 Å². The van der Waals surface area contributed by atoms with Gasteiger partial charge in [-0.2, -0.15) is 12.6 Å². The highest BCUT2D eigenvalue weighted by atomic mass is 32.2. The molecule has 0 radical (unpaired) electrons. The number of nitrogens with two attached hydrogens (primary N) is 2. The first-order chi connectivity index (χ1) is 5.22. The molecular weight excluding hydrogens is 180 g/mol. The van der Waals surface area contributed by atoms with E-state index in [0.29, 0.717) is 21.9 Å². The van der Waals surface area contributed by atoms with E-state index < -0.39 is 0 Å².